The summed E-state index contributed by atoms with van der Waals surface area (Å²) in [5, 5.41) is 10.0. The van der Waals surface area contributed by atoms with Crippen molar-refractivity contribution in [1.29, 1.82) is 0 Å². The van der Waals surface area contributed by atoms with Crippen molar-refractivity contribution in [3.63, 3.8) is 0 Å². The molecule has 0 radical (unpaired) electrons. The molecule has 0 aliphatic rings. The van der Waals surface area contributed by atoms with Crippen LogP contribution in [0.3, 0.4) is 0 Å². The van der Waals surface area contributed by atoms with E-state index in [1.807, 2.05) is 49.8 Å². The van der Waals surface area contributed by atoms with Crippen LogP contribution in [0.15, 0.2) is 28.7 Å². The molecule has 21 heavy (non-hydrogen) atoms. The van der Waals surface area contributed by atoms with E-state index in [2.05, 4.69) is 31.7 Å². The number of hydrogen-bond acceptors (Lipinski definition) is 2. The van der Waals surface area contributed by atoms with E-state index in [4.69, 9.17) is 0 Å². The lowest BCUT2D eigenvalue weighted by molar-refractivity contribution is 0.252. The summed E-state index contributed by atoms with van der Waals surface area (Å²) in [6.45, 7) is 4.61. The molecule has 6 heteroatoms. The van der Waals surface area contributed by atoms with Gasteiger partial charge in [-0.05, 0) is 50.1 Å². The second-order valence-corrected chi connectivity index (χ2v) is 5.83. The Labute approximate surface area is 132 Å². The van der Waals surface area contributed by atoms with Crippen LogP contribution < -0.4 is 10.6 Å². The molecule has 1 aromatic carbocycles. The Kier molecular flexibility index (Phi) is 5.01. The second kappa shape index (κ2) is 6.76. The van der Waals surface area contributed by atoms with E-state index in [1.54, 1.807) is 0 Å². The molecule has 1 heterocycles. The third-order valence-electron chi connectivity index (χ3n) is 3.42. The zero-order valence-corrected chi connectivity index (χ0v) is 14.0. The van der Waals surface area contributed by atoms with Gasteiger partial charge >= 0.3 is 6.03 Å². The van der Waals surface area contributed by atoms with Gasteiger partial charge in [-0.2, -0.15) is 5.10 Å². The number of carbonyl (C=O) groups excluding carboxylic acids is 1. The summed E-state index contributed by atoms with van der Waals surface area (Å²) in [5.41, 5.74) is 4.12. The fourth-order valence-electron chi connectivity index (χ4n) is 2.19. The van der Waals surface area contributed by atoms with E-state index in [0.717, 1.165) is 28.0 Å². The van der Waals surface area contributed by atoms with Crippen LogP contribution in [0.25, 0.3) is 0 Å². The number of aromatic nitrogens is 2. The van der Waals surface area contributed by atoms with Crippen molar-refractivity contribution in [3.05, 3.63) is 45.7 Å². The fraction of sp³-hybridized carbons (Fsp3) is 0.333. The maximum absolute atomic E-state index is 11.8. The number of nitrogens with zero attached hydrogens (tertiary/aromatic N) is 2. The van der Waals surface area contributed by atoms with Crippen molar-refractivity contribution in [2.24, 2.45) is 7.05 Å². The molecule has 0 aliphatic carbocycles. The first-order valence-electron chi connectivity index (χ1n) is 6.77. The van der Waals surface area contributed by atoms with Gasteiger partial charge in [0.1, 0.15) is 0 Å². The summed E-state index contributed by atoms with van der Waals surface area (Å²) in [7, 11) is 1.93. The number of urea groups is 1. The maximum Gasteiger partial charge on any atom is 0.319 e. The van der Waals surface area contributed by atoms with E-state index in [0.29, 0.717) is 6.54 Å². The molecule has 2 aromatic rings. The minimum absolute atomic E-state index is 0.198. The molecule has 0 saturated carbocycles. The molecule has 0 spiro atoms. The molecule has 112 valence electrons. The minimum atomic E-state index is -0.198. The smallest absolute Gasteiger partial charge is 0.319 e. The molecule has 1 aromatic heterocycles. The van der Waals surface area contributed by atoms with Crippen LogP contribution in [0.5, 0.6) is 0 Å². The normalized spacial score (nSPS) is 10.5. The predicted molar refractivity (Wildman–Crippen MR) is 87.5 cm³/mol. The van der Waals surface area contributed by atoms with Crippen LogP contribution in [-0.2, 0) is 13.5 Å². The van der Waals surface area contributed by atoms with Crippen molar-refractivity contribution < 1.29 is 4.79 Å². The number of nitrogens with one attached hydrogen (secondary N) is 2. The Morgan fingerprint density at radius 2 is 1.95 bits per heavy atom. The highest BCUT2D eigenvalue weighted by Gasteiger charge is 2.09. The van der Waals surface area contributed by atoms with Gasteiger partial charge in [-0.15, -0.1) is 0 Å². The quantitative estimate of drug-likeness (QED) is 0.889. The average molecular weight is 351 g/mol. The zero-order valence-electron chi connectivity index (χ0n) is 12.4. The Balaban J connectivity index is 1.83. The zero-order chi connectivity index (χ0) is 15.4. The summed E-state index contributed by atoms with van der Waals surface area (Å²) >= 11 is 3.36. The van der Waals surface area contributed by atoms with Gasteiger partial charge < -0.3 is 10.6 Å². The number of amides is 2. The molecule has 2 amide bonds. The summed E-state index contributed by atoms with van der Waals surface area (Å²) in [6.07, 6.45) is 0.777. The third kappa shape index (κ3) is 4.07. The first-order valence-corrected chi connectivity index (χ1v) is 7.56. The van der Waals surface area contributed by atoms with Gasteiger partial charge in [0.2, 0.25) is 0 Å². The fourth-order valence-corrected chi connectivity index (χ4v) is 2.45. The molecular weight excluding hydrogens is 332 g/mol. The van der Waals surface area contributed by atoms with Crippen LogP contribution in [0.2, 0.25) is 0 Å². The number of rotatable bonds is 4. The first kappa shape index (κ1) is 15.6. The van der Waals surface area contributed by atoms with Gasteiger partial charge in [-0.1, -0.05) is 15.9 Å². The summed E-state index contributed by atoms with van der Waals surface area (Å²) in [6, 6.07) is 7.27. The van der Waals surface area contributed by atoms with Crippen molar-refractivity contribution in [2.75, 3.05) is 11.9 Å². The number of benzene rings is 1. The van der Waals surface area contributed by atoms with Gasteiger partial charge in [0.15, 0.2) is 0 Å². The molecule has 2 rings (SSSR count). The molecule has 0 bridgehead atoms. The largest absolute Gasteiger partial charge is 0.338 e. The van der Waals surface area contributed by atoms with Gasteiger partial charge in [-0.3, -0.25) is 4.68 Å². The lowest BCUT2D eigenvalue weighted by atomic mass is 10.1. The molecule has 0 unspecified atom stereocenters. The van der Waals surface area contributed by atoms with E-state index in [9.17, 15) is 4.79 Å². The Morgan fingerprint density at radius 1 is 1.29 bits per heavy atom. The highest BCUT2D eigenvalue weighted by molar-refractivity contribution is 9.10. The first-order chi connectivity index (χ1) is 9.97. The third-order valence-corrected chi connectivity index (χ3v) is 3.95. The van der Waals surface area contributed by atoms with Crippen LogP contribution in [0.4, 0.5) is 10.5 Å². The SMILES string of the molecule is Cc1nn(C)c(C)c1CCNC(=O)Nc1ccc(Br)cc1. The highest BCUT2D eigenvalue weighted by atomic mass is 79.9. The van der Waals surface area contributed by atoms with E-state index in [1.165, 1.54) is 5.56 Å². The Morgan fingerprint density at radius 3 is 2.52 bits per heavy atom. The molecule has 0 fully saturated rings. The molecular formula is C15H19BrN4O. The van der Waals surface area contributed by atoms with Crippen LogP contribution in [-0.4, -0.2) is 22.4 Å². The summed E-state index contributed by atoms with van der Waals surface area (Å²) < 4.78 is 2.85. The minimum Gasteiger partial charge on any atom is -0.338 e. The van der Waals surface area contributed by atoms with E-state index >= 15 is 0 Å². The number of carbonyl (C=O) groups is 1. The topological polar surface area (TPSA) is 59.0 Å². The van der Waals surface area contributed by atoms with E-state index < -0.39 is 0 Å². The maximum atomic E-state index is 11.8. The molecule has 0 saturated heterocycles. The lowest BCUT2D eigenvalue weighted by Crippen LogP contribution is -2.30. The molecule has 5 nitrogen and oxygen atoms in total. The number of anilines is 1. The lowest BCUT2D eigenvalue weighted by Gasteiger charge is -2.08. The highest BCUT2D eigenvalue weighted by Crippen LogP contribution is 2.14. The van der Waals surface area contributed by atoms with Crippen molar-refractivity contribution in [1.82, 2.24) is 15.1 Å². The summed E-state index contributed by atoms with van der Waals surface area (Å²) in [4.78, 5) is 11.8. The van der Waals surface area contributed by atoms with Crippen LogP contribution in [0, 0.1) is 13.8 Å². The number of halogens is 1. The van der Waals surface area contributed by atoms with Gasteiger partial charge in [0.25, 0.3) is 0 Å². The van der Waals surface area contributed by atoms with Crippen molar-refractivity contribution >= 4 is 27.6 Å². The standard InChI is InChI=1S/C15H19BrN4O/c1-10-14(11(2)20(3)19-10)8-9-17-15(21)18-13-6-4-12(16)5-7-13/h4-7H,8-9H2,1-3H3,(H2,17,18,21). The predicted octanol–water partition coefficient (Wildman–Crippen LogP) is 3.16. The van der Waals surface area contributed by atoms with Crippen molar-refractivity contribution in [3.8, 4) is 0 Å². The molecule has 0 atom stereocenters. The number of hydrogen-bond donors (Lipinski definition) is 2. The molecule has 0 aliphatic heterocycles. The number of aryl methyl sites for hydroxylation is 2. The Bertz CT molecular complexity index is 634. The van der Waals surface area contributed by atoms with E-state index in [-0.39, 0.29) is 6.03 Å². The monoisotopic (exact) mass is 350 g/mol. The van der Waals surface area contributed by atoms with Gasteiger partial charge in [0.05, 0.1) is 5.69 Å². The second-order valence-electron chi connectivity index (χ2n) is 4.91. The van der Waals surface area contributed by atoms with Gasteiger partial charge in [0, 0.05) is 29.4 Å². The molecule has 2 N–H and O–H groups in total. The van der Waals surface area contributed by atoms with Crippen LogP contribution in [0.1, 0.15) is 17.0 Å². The summed E-state index contributed by atoms with van der Waals surface area (Å²) in [5.74, 6) is 0. The van der Waals surface area contributed by atoms with Crippen LogP contribution >= 0.6 is 15.9 Å². The van der Waals surface area contributed by atoms with Crippen molar-refractivity contribution in [2.45, 2.75) is 20.3 Å². The average Bonchev–Trinajstić information content (AvgIpc) is 2.68. The Hall–Kier alpha value is -1.82. The van der Waals surface area contributed by atoms with Gasteiger partial charge in [-0.25, -0.2) is 4.79 Å².